The summed E-state index contributed by atoms with van der Waals surface area (Å²) in [4.78, 5) is 14.1. The zero-order chi connectivity index (χ0) is 16.2. The van der Waals surface area contributed by atoms with Gasteiger partial charge in [-0.1, -0.05) is 62.4 Å². The number of fused-ring (bicyclic) bond motifs is 1. The Bertz CT molecular complexity index is 679. The topological polar surface area (TPSA) is 29.5 Å². The van der Waals surface area contributed by atoms with Gasteiger partial charge in [-0.3, -0.25) is 0 Å². The van der Waals surface area contributed by atoms with Gasteiger partial charge in [0.1, 0.15) is 6.61 Å². The highest BCUT2D eigenvalue weighted by Crippen LogP contribution is 2.24. The first-order chi connectivity index (χ1) is 11.1. The van der Waals surface area contributed by atoms with Gasteiger partial charge < -0.3 is 9.64 Å². The van der Waals surface area contributed by atoms with Gasteiger partial charge in [-0.15, -0.1) is 0 Å². The average molecular weight is 309 g/mol. The number of nitrogens with zero attached hydrogens (tertiary/aromatic N) is 1. The summed E-state index contributed by atoms with van der Waals surface area (Å²) < 4.78 is 5.45. The molecule has 1 heterocycles. The van der Waals surface area contributed by atoms with E-state index in [2.05, 4.69) is 32.0 Å². The quantitative estimate of drug-likeness (QED) is 0.835. The van der Waals surface area contributed by atoms with Crippen LogP contribution in [0.15, 0.2) is 48.5 Å². The van der Waals surface area contributed by atoms with Gasteiger partial charge >= 0.3 is 6.09 Å². The minimum atomic E-state index is -0.227. The van der Waals surface area contributed by atoms with Crippen LogP contribution < -0.4 is 0 Å². The van der Waals surface area contributed by atoms with Crippen molar-refractivity contribution in [1.82, 2.24) is 4.90 Å². The molecule has 3 heteroatoms. The minimum absolute atomic E-state index is 0.227. The van der Waals surface area contributed by atoms with Crippen molar-refractivity contribution >= 4 is 6.09 Å². The SMILES string of the molecule is CC(C)c1ccc2c(c1)CN(C(=O)OCc1ccccc1)CC2. The number of hydrogen-bond donors (Lipinski definition) is 0. The van der Waals surface area contributed by atoms with Gasteiger partial charge in [0.25, 0.3) is 0 Å². The van der Waals surface area contributed by atoms with Crippen molar-refractivity contribution in [2.45, 2.75) is 39.3 Å². The Morgan fingerprint density at radius 1 is 1.13 bits per heavy atom. The maximum atomic E-state index is 12.3. The number of rotatable bonds is 3. The maximum absolute atomic E-state index is 12.3. The fourth-order valence-corrected chi connectivity index (χ4v) is 2.90. The number of hydrogen-bond acceptors (Lipinski definition) is 2. The third-order valence-electron chi connectivity index (χ3n) is 4.37. The van der Waals surface area contributed by atoms with Gasteiger partial charge in [-0.2, -0.15) is 0 Å². The van der Waals surface area contributed by atoms with E-state index >= 15 is 0 Å². The van der Waals surface area contributed by atoms with E-state index in [1.807, 2.05) is 30.3 Å². The Hall–Kier alpha value is -2.29. The number of benzene rings is 2. The molecule has 3 nitrogen and oxygen atoms in total. The van der Waals surface area contributed by atoms with Crippen LogP contribution in [0.4, 0.5) is 4.79 Å². The third-order valence-corrected chi connectivity index (χ3v) is 4.37. The molecule has 0 atom stereocenters. The van der Waals surface area contributed by atoms with E-state index in [0.717, 1.165) is 18.5 Å². The standard InChI is InChI=1S/C20H23NO2/c1-15(2)18-9-8-17-10-11-21(13-19(17)12-18)20(22)23-14-16-6-4-3-5-7-16/h3-9,12,15H,10-11,13-14H2,1-2H3. The van der Waals surface area contributed by atoms with Crippen LogP contribution in [0.1, 0.15) is 42.0 Å². The second kappa shape index (κ2) is 6.86. The summed E-state index contributed by atoms with van der Waals surface area (Å²) in [5, 5.41) is 0. The monoisotopic (exact) mass is 309 g/mol. The fourth-order valence-electron chi connectivity index (χ4n) is 2.90. The molecule has 0 aromatic heterocycles. The van der Waals surface area contributed by atoms with Gasteiger partial charge in [0.15, 0.2) is 0 Å². The Morgan fingerprint density at radius 3 is 2.65 bits per heavy atom. The predicted octanol–water partition coefficient (Wildman–Crippen LogP) is 4.50. The van der Waals surface area contributed by atoms with Crippen molar-refractivity contribution in [3.63, 3.8) is 0 Å². The molecule has 3 rings (SSSR count). The smallest absolute Gasteiger partial charge is 0.410 e. The molecule has 0 bridgehead atoms. The summed E-state index contributed by atoms with van der Waals surface area (Å²) in [5.74, 6) is 0.501. The van der Waals surface area contributed by atoms with Crippen LogP contribution in [0.2, 0.25) is 0 Å². The van der Waals surface area contributed by atoms with Crippen LogP contribution in [-0.4, -0.2) is 17.5 Å². The second-order valence-corrected chi connectivity index (χ2v) is 6.39. The molecule has 1 aliphatic rings. The molecule has 0 saturated carbocycles. The first-order valence-corrected chi connectivity index (χ1v) is 8.21. The van der Waals surface area contributed by atoms with E-state index in [1.165, 1.54) is 16.7 Å². The molecule has 0 unspecified atom stereocenters. The van der Waals surface area contributed by atoms with Crippen molar-refractivity contribution in [2.24, 2.45) is 0 Å². The lowest BCUT2D eigenvalue weighted by molar-refractivity contribution is 0.0918. The Labute approximate surface area is 137 Å². The zero-order valence-electron chi connectivity index (χ0n) is 13.8. The van der Waals surface area contributed by atoms with E-state index in [9.17, 15) is 4.79 Å². The van der Waals surface area contributed by atoms with E-state index in [4.69, 9.17) is 4.74 Å². The molecule has 0 radical (unpaired) electrons. The largest absolute Gasteiger partial charge is 0.445 e. The van der Waals surface area contributed by atoms with Gasteiger partial charge in [-0.25, -0.2) is 4.79 Å². The summed E-state index contributed by atoms with van der Waals surface area (Å²) in [6.07, 6.45) is 0.670. The minimum Gasteiger partial charge on any atom is -0.445 e. The number of ether oxygens (including phenoxy) is 1. The Balaban J connectivity index is 1.64. The molecule has 2 aromatic rings. The van der Waals surface area contributed by atoms with Crippen molar-refractivity contribution in [2.75, 3.05) is 6.54 Å². The third kappa shape index (κ3) is 3.73. The van der Waals surface area contributed by atoms with Crippen LogP contribution in [0.5, 0.6) is 0 Å². The lowest BCUT2D eigenvalue weighted by Crippen LogP contribution is -2.36. The lowest BCUT2D eigenvalue weighted by Gasteiger charge is -2.28. The molecule has 0 saturated heterocycles. The predicted molar refractivity (Wildman–Crippen MR) is 91.3 cm³/mol. The molecule has 0 fully saturated rings. The summed E-state index contributed by atoms with van der Waals surface area (Å²) >= 11 is 0. The maximum Gasteiger partial charge on any atom is 0.410 e. The average Bonchev–Trinajstić information content (AvgIpc) is 2.59. The second-order valence-electron chi connectivity index (χ2n) is 6.39. The lowest BCUT2D eigenvalue weighted by atomic mass is 9.93. The van der Waals surface area contributed by atoms with Crippen LogP contribution in [0, 0.1) is 0 Å². The Kier molecular flexibility index (Phi) is 4.65. The number of carbonyl (C=O) groups is 1. The number of amides is 1. The first-order valence-electron chi connectivity index (χ1n) is 8.21. The summed E-state index contributed by atoms with van der Waals surface area (Å²) in [5.41, 5.74) is 4.93. The Morgan fingerprint density at radius 2 is 1.91 bits per heavy atom. The van der Waals surface area contributed by atoms with Crippen LogP contribution in [0.25, 0.3) is 0 Å². The highest BCUT2D eigenvalue weighted by molar-refractivity contribution is 5.68. The van der Waals surface area contributed by atoms with Gasteiger partial charge in [0.2, 0.25) is 0 Å². The molecular formula is C20H23NO2. The molecule has 0 spiro atoms. The highest BCUT2D eigenvalue weighted by atomic mass is 16.6. The van der Waals surface area contributed by atoms with E-state index in [0.29, 0.717) is 19.1 Å². The van der Waals surface area contributed by atoms with Crippen molar-refractivity contribution < 1.29 is 9.53 Å². The molecule has 23 heavy (non-hydrogen) atoms. The van der Waals surface area contributed by atoms with Gasteiger partial charge in [-0.05, 0) is 34.6 Å². The highest BCUT2D eigenvalue weighted by Gasteiger charge is 2.22. The normalized spacial score (nSPS) is 13.8. The molecule has 120 valence electrons. The summed E-state index contributed by atoms with van der Waals surface area (Å²) in [7, 11) is 0. The van der Waals surface area contributed by atoms with E-state index in [-0.39, 0.29) is 6.09 Å². The van der Waals surface area contributed by atoms with Crippen LogP contribution in [0.3, 0.4) is 0 Å². The van der Waals surface area contributed by atoms with Crippen molar-refractivity contribution in [3.8, 4) is 0 Å². The van der Waals surface area contributed by atoms with E-state index < -0.39 is 0 Å². The fraction of sp³-hybridized carbons (Fsp3) is 0.350. The van der Waals surface area contributed by atoms with Gasteiger partial charge in [0, 0.05) is 13.1 Å². The first kappa shape index (κ1) is 15.6. The van der Waals surface area contributed by atoms with Crippen molar-refractivity contribution in [1.29, 1.82) is 0 Å². The molecular weight excluding hydrogens is 286 g/mol. The summed E-state index contributed by atoms with van der Waals surface area (Å²) in [6.45, 7) is 6.08. The van der Waals surface area contributed by atoms with Crippen LogP contribution in [-0.2, 0) is 24.3 Å². The molecule has 1 aliphatic heterocycles. The van der Waals surface area contributed by atoms with Gasteiger partial charge in [0.05, 0.1) is 0 Å². The molecule has 0 N–H and O–H groups in total. The van der Waals surface area contributed by atoms with Crippen molar-refractivity contribution in [3.05, 3.63) is 70.8 Å². The molecule has 2 aromatic carbocycles. The zero-order valence-corrected chi connectivity index (χ0v) is 13.8. The molecule has 0 aliphatic carbocycles. The van der Waals surface area contributed by atoms with E-state index in [1.54, 1.807) is 4.90 Å². The van der Waals surface area contributed by atoms with Crippen LogP contribution >= 0.6 is 0 Å². The number of carbonyl (C=O) groups excluding carboxylic acids is 1. The molecule has 1 amide bonds. The summed E-state index contributed by atoms with van der Waals surface area (Å²) in [6, 6.07) is 16.4.